The summed E-state index contributed by atoms with van der Waals surface area (Å²) in [6.07, 6.45) is 2.95. The maximum atomic E-state index is 10.1. The number of hydrogen-bond donors (Lipinski definition) is 2. The zero-order valence-electron chi connectivity index (χ0n) is 8.23. The van der Waals surface area contributed by atoms with Gasteiger partial charge < -0.3 is 9.79 Å². The van der Waals surface area contributed by atoms with Gasteiger partial charge in [-0.2, -0.15) is 5.26 Å². The summed E-state index contributed by atoms with van der Waals surface area (Å²) in [5, 5.41) is 7.96. The first-order chi connectivity index (χ1) is 5.97. The van der Waals surface area contributed by atoms with Gasteiger partial charge in [0, 0.05) is 6.42 Å². The highest BCUT2D eigenvalue weighted by atomic mass is 31.2. The summed E-state index contributed by atoms with van der Waals surface area (Å²) >= 11 is 0. The fourth-order valence-electron chi connectivity index (χ4n) is 0.364. The van der Waals surface area contributed by atoms with Gasteiger partial charge >= 0.3 is 7.60 Å². The number of nitrogens with zero attached hydrogens (tertiary/aromatic N) is 1. The first kappa shape index (κ1) is 15.1. The van der Waals surface area contributed by atoms with Crippen molar-refractivity contribution in [2.45, 2.75) is 39.5 Å². The maximum absolute atomic E-state index is 10.1. The Hall–Kier alpha value is -0.360. The Labute approximate surface area is 79.7 Å². The van der Waals surface area contributed by atoms with Crippen LogP contribution >= 0.6 is 7.60 Å². The van der Waals surface area contributed by atoms with Crippen LogP contribution in [0.3, 0.4) is 0 Å². The van der Waals surface area contributed by atoms with Gasteiger partial charge in [-0.05, 0) is 6.42 Å². The molecule has 2 N–H and O–H groups in total. The van der Waals surface area contributed by atoms with Gasteiger partial charge in [0.25, 0.3) is 0 Å². The third kappa shape index (κ3) is 24.5. The van der Waals surface area contributed by atoms with Crippen LogP contribution in [-0.2, 0) is 4.57 Å². The molecule has 0 heterocycles. The zero-order chi connectivity index (χ0) is 10.7. The molecule has 0 saturated carbocycles. The molecule has 13 heavy (non-hydrogen) atoms. The highest BCUT2D eigenvalue weighted by molar-refractivity contribution is 7.51. The number of hydrogen-bond acceptors (Lipinski definition) is 2. The molecular weight excluding hydrogens is 189 g/mol. The quantitative estimate of drug-likeness (QED) is 0.547. The van der Waals surface area contributed by atoms with Crippen molar-refractivity contribution in [2.24, 2.45) is 0 Å². The highest BCUT2D eigenvalue weighted by Crippen LogP contribution is 2.35. The van der Waals surface area contributed by atoms with Gasteiger partial charge in [-0.25, -0.2) is 0 Å². The van der Waals surface area contributed by atoms with E-state index in [0.29, 0.717) is 0 Å². The largest absolute Gasteiger partial charge is 0.325 e. The van der Waals surface area contributed by atoms with Crippen LogP contribution in [0.2, 0.25) is 0 Å². The summed E-state index contributed by atoms with van der Waals surface area (Å²) in [7, 11) is -3.85. The number of unbranched alkanes of at least 4 members (excludes halogenated alkanes) is 2. The van der Waals surface area contributed by atoms with Gasteiger partial charge in [0.2, 0.25) is 0 Å². The molecule has 0 spiro atoms. The Kier molecular flexibility index (Phi) is 11.3. The summed E-state index contributed by atoms with van der Waals surface area (Å²) in [4.78, 5) is 16.5. The predicted molar refractivity (Wildman–Crippen MR) is 52.3 cm³/mol. The first-order valence-electron chi connectivity index (χ1n) is 4.39. The van der Waals surface area contributed by atoms with Crippen molar-refractivity contribution in [2.75, 3.05) is 6.16 Å². The van der Waals surface area contributed by atoms with Gasteiger partial charge in [0.15, 0.2) is 0 Å². The molecule has 5 heteroatoms. The molecule has 0 saturated heterocycles. The molecule has 0 unspecified atom stereocenters. The summed E-state index contributed by atoms with van der Waals surface area (Å²) in [6.45, 7) is 4.36. The molecule has 0 rings (SSSR count). The molecule has 0 fully saturated rings. The average Bonchev–Trinajstić information content (AvgIpc) is 2.03. The lowest BCUT2D eigenvalue weighted by atomic mass is 10.4. The Morgan fingerprint density at radius 1 is 1.31 bits per heavy atom. The van der Waals surface area contributed by atoms with Crippen molar-refractivity contribution in [1.29, 1.82) is 5.26 Å². The summed E-state index contributed by atoms with van der Waals surface area (Å²) < 4.78 is 10.1. The molecule has 0 aliphatic rings. The topological polar surface area (TPSA) is 81.3 Å². The van der Waals surface area contributed by atoms with Crippen LogP contribution in [0, 0.1) is 11.3 Å². The van der Waals surface area contributed by atoms with E-state index >= 15 is 0 Å². The molecule has 0 bridgehead atoms. The smallest absolute Gasteiger partial charge is 0.324 e. The number of nitriles is 1. The minimum atomic E-state index is -3.85. The second kappa shape index (κ2) is 9.73. The fourth-order valence-corrected chi connectivity index (χ4v) is 0.934. The lowest BCUT2D eigenvalue weighted by Crippen LogP contribution is -1.85. The van der Waals surface area contributed by atoms with Crippen LogP contribution in [0.1, 0.15) is 39.5 Å². The Bertz CT molecular complexity index is 180. The monoisotopic (exact) mass is 207 g/mol. The predicted octanol–water partition coefficient (Wildman–Crippen LogP) is 2.27. The lowest BCUT2D eigenvalue weighted by molar-refractivity contribution is 0.372. The van der Waals surface area contributed by atoms with E-state index in [1.54, 1.807) is 6.07 Å². The Morgan fingerprint density at radius 3 is 2.00 bits per heavy atom. The summed E-state index contributed by atoms with van der Waals surface area (Å²) in [5.41, 5.74) is 0. The van der Waals surface area contributed by atoms with E-state index in [-0.39, 0.29) is 19.0 Å². The molecule has 78 valence electrons. The van der Waals surface area contributed by atoms with Gasteiger partial charge in [0.1, 0.15) is 0 Å². The van der Waals surface area contributed by atoms with E-state index in [9.17, 15) is 4.57 Å². The van der Waals surface area contributed by atoms with Crippen LogP contribution in [-0.4, -0.2) is 15.9 Å². The second-order valence-electron chi connectivity index (χ2n) is 2.65. The molecule has 0 aromatic rings. The first-order valence-corrected chi connectivity index (χ1v) is 6.19. The SMILES string of the molecule is CCCC.N#CCCCP(=O)(O)O. The maximum Gasteiger partial charge on any atom is 0.325 e. The van der Waals surface area contributed by atoms with Crippen molar-refractivity contribution in [1.82, 2.24) is 0 Å². The van der Waals surface area contributed by atoms with Crippen molar-refractivity contribution in [3.8, 4) is 6.07 Å². The summed E-state index contributed by atoms with van der Waals surface area (Å²) in [6, 6.07) is 1.80. The minimum absolute atomic E-state index is 0.180. The molecule has 0 radical (unpaired) electrons. The highest BCUT2D eigenvalue weighted by Gasteiger charge is 2.10. The Morgan fingerprint density at radius 2 is 1.77 bits per heavy atom. The molecule has 0 atom stereocenters. The van der Waals surface area contributed by atoms with Gasteiger partial charge in [-0.3, -0.25) is 4.57 Å². The molecule has 0 aliphatic heterocycles. The molecular formula is C8H18NO3P. The van der Waals surface area contributed by atoms with Gasteiger partial charge in [0.05, 0.1) is 12.2 Å². The van der Waals surface area contributed by atoms with E-state index in [1.165, 1.54) is 12.8 Å². The molecule has 0 aromatic carbocycles. The van der Waals surface area contributed by atoms with Crippen molar-refractivity contribution >= 4 is 7.60 Å². The lowest BCUT2D eigenvalue weighted by Gasteiger charge is -1.98. The van der Waals surface area contributed by atoms with Crippen molar-refractivity contribution < 1.29 is 14.4 Å². The molecule has 0 aliphatic carbocycles. The zero-order valence-corrected chi connectivity index (χ0v) is 9.13. The van der Waals surface area contributed by atoms with Crippen LogP contribution in [0.5, 0.6) is 0 Å². The normalized spacial score (nSPS) is 9.77. The van der Waals surface area contributed by atoms with Crippen LogP contribution < -0.4 is 0 Å². The van der Waals surface area contributed by atoms with E-state index in [4.69, 9.17) is 15.0 Å². The standard InChI is InChI=1S/C4H8NO3P.C4H10/c5-3-1-2-4-9(6,7)8;1-3-4-2/h1-2,4H2,(H2,6,7,8);3-4H2,1-2H3. The van der Waals surface area contributed by atoms with Crippen LogP contribution in [0.15, 0.2) is 0 Å². The van der Waals surface area contributed by atoms with Crippen LogP contribution in [0.25, 0.3) is 0 Å². The molecule has 0 amide bonds. The third-order valence-corrected chi connectivity index (χ3v) is 2.14. The average molecular weight is 207 g/mol. The van der Waals surface area contributed by atoms with E-state index in [1.807, 2.05) is 0 Å². The molecule has 0 aromatic heterocycles. The molecule has 4 nitrogen and oxygen atoms in total. The van der Waals surface area contributed by atoms with Gasteiger partial charge in [-0.1, -0.05) is 26.7 Å². The minimum Gasteiger partial charge on any atom is -0.324 e. The fraction of sp³-hybridized carbons (Fsp3) is 0.875. The summed E-state index contributed by atoms with van der Waals surface area (Å²) in [5.74, 6) is 0. The van der Waals surface area contributed by atoms with Crippen LogP contribution in [0.4, 0.5) is 0 Å². The van der Waals surface area contributed by atoms with E-state index in [0.717, 1.165) is 0 Å². The third-order valence-electron chi connectivity index (χ3n) is 1.24. The Balaban J connectivity index is 0. The van der Waals surface area contributed by atoms with E-state index < -0.39 is 7.60 Å². The second-order valence-corrected chi connectivity index (χ2v) is 4.43. The van der Waals surface area contributed by atoms with Crippen molar-refractivity contribution in [3.05, 3.63) is 0 Å². The van der Waals surface area contributed by atoms with E-state index in [2.05, 4.69) is 13.8 Å². The van der Waals surface area contributed by atoms with Gasteiger partial charge in [-0.15, -0.1) is 0 Å². The number of rotatable bonds is 4. The van der Waals surface area contributed by atoms with Crippen molar-refractivity contribution in [3.63, 3.8) is 0 Å².